The van der Waals surface area contributed by atoms with Gasteiger partial charge < -0.3 is 0 Å². The van der Waals surface area contributed by atoms with Crippen molar-refractivity contribution in [1.29, 1.82) is 0 Å². The Morgan fingerprint density at radius 1 is 1.14 bits per heavy atom. The number of nitrogens with one attached hydrogen (secondary N) is 2. The maximum Gasteiger partial charge on any atom is 0.233 e. The smallest absolute Gasteiger partial charge is 0.215 e. The average molecular weight is 242 g/mol. The zero-order valence-electron chi connectivity index (χ0n) is 7.86. The van der Waals surface area contributed by atoms with Crippen molar-refractivity contribution in [3.63, 3.8) is 0 Å². The van der Waals surface area contributed by atoms with Crippen LogP contribution in [-0.2, 0) is 20.0 Å². The van der Waals surface area contributed by atoms with E-state index in [1.165, 1.54) is 0 Å². The maximum atomic E-state index is 10.8. The van der Waals surface area contributed by atoms with Crippen LogP contribution >= 0.6 is 0 Å². The summed E-state index contributed by atoms with van der Waals surface area (Å²) < 4.78 is 47.2. The van der Waals surface area contributed by atoms with Gasteiger partial charge in [-0.25, -0.2) is 26.3 Å². The quantitative estimate of drug-likeness (QED) is 0.559. The fourth-order valence-electron chi connectivity index (χ4n) is 0.619. The second-order valence-electron chi connectivity index (χ2n) is 2.63. The van der Waals surface area contributed by atoms with Crippen molar-refractivity contribution < 1.29 is 16.8 Å². The van der Waals surface area contributed by atoms with Crippen molar-refractivity contribution >= 4 is 20.0 Å². The molecule has 0 spiro atoms. The first-order chi connectivity index (χ1) is 6.27. The summed E-state index contributed by atoms with van der Waals surface area (Å²) >= 11 is 0. The monoisotopic (exact) mass is 242 g/mol. The summed E-state index contributed by atoms with van der Waals surface area (Å²) in [5, 5.41) is 0.803. The maximum absolute atomic E-state index is 10.8. The highest BCUT2D eigenvalue weighted by molar-refractivity contribution is 7.92. The Balaban J connectivity index is 3.64. The van der Waals surface area contributed by atoms with Crippen molar-refractivity contribution in [3.05, 3.63) is 12.0 Å². The molecule has 0 heterocycles. The van der Waals surface area contributed by atoms with Crippen LogP contribution in [0.25, 0.3) is 0 Å². The van der Waals surface area contributed by atoms with E-state index < -0.39 is 20.0 Å². The van der Waals surface area contributed by atoms with Crippen molar-refractivity contribution in [1.82, 2.24) is 9.44 Å². The van der Waals surface area contributed by atoms with Crippen LogP contribution in [0.4, 0.5) is 0 Å². The minimum absolute atomic E-state index is 0.177. The van der Waals surface area contributed by atoms with E-state index in [1.807, 2.05) is 0 Å². The van der Waals surface area contributed by atoms with Crippen LogP contribution in [0.1, 0.15) is 6.42 Å². The molecule has 0 saturated heterocycles. The predicted octanol–water partition coefficient (Wildman–Crippen LogP) is -1.01. The molecule has 0 saturated carbocycles. The van der Waals surface area contributed by atoms with E-state index in [4.69, 9.17) is 0 Å². The molecule has 2 N–H and O–H groups in total. The van der Waals surface area contributed by atoms with Gasteiger partial charge in [0.2, 0.25) is 20.0 Å². The van der Waals surface area contributed by atoms with Crippen LogP contribution in [0.2, 0.25) is 0 Å². The van der Waals surface area contributed by atoms with E-state index in [2.05, 4.69) is 16.0 Å². The summed E-state index contributed by atoms with van der Waals surface area (Å²) in [4.78, 5) is 0. The number of hydrogen-bond donors (Lipinski definition) is 2. The van der Waals surface area contributed by atoms with Gasteiger partial charge in [0.05, 0.1) is 6.26 Å². The van der Waals surface area contributed by atoms with Crippen molar-refractivity contribution in [3.8, 4) is 0 Å². The molecule has 0 amide bonds. The van der Waals surface area contributed by atoms with Crippen LogP contribution in [0.5, 0.6) is 0 Å². The first-order valence-electron chi connectivity index (χ1n) is 3.83. The van der Waals surface area contributed by atoms with E-state index in [0.717, 1.165) is 11.7 Å². The molecule has 0 unspecified atom stereocenters. The lowest BCUT2D eigenvalue weighted by atomic mass is 10.4. The lowest BCUT2D eigenvalue weighted by molar-refractivity contribution is 0.580. The van der Waals surface area contributed by atoms with Crippen molar-refractivity contribution in [2.75, 3.05) is 19.3 Å². The zero-order chi connectivity index (χ0) is 11.2. The Labute approximate surface area is 84.5 Å². The Morgan fingerprint density at radius 3 is 2.07 bits per heavy atom. The van der Waals surface area contributed by atoms with Gasteiger partial charge in [-0.05, 0) is 6.42 Å². The molecule has 0 aromatic rings. The van der Waals surface area contributed by atoms with Crippen LogP contribution in [-0.4, -0.2) is 36.2 Å². The van der Waals surface area contributed by atoms with E-state index in [1.54, 1.807) is 0 Å². The standard InChI is InChI=1S/C6H14N2O4S2/c1-3-14(11,12)8-6-4-5-7-13(2,9)10/h3,7-8H,1,4-6H2,2H3. The lowest BCUT2D eigenvalue weighted by Crippen LogP contribution is -2.28. The molecular formula is C6H14N2O4S2. The molecule has 0 aromatic carbocycles. The summed E-state index contributed by atoms with van der Waals surface area (Å²) in [5.41, 5.74) is 0. The highest BCUT2D eigenvalue weighted by atomic mass is 32.2. The third-order valence-corrected chi connectivity index (χ3v) is 3.01. The van der Waals surface area contributed by atoms with Gasteiger partial charge in [0, 0.05) is 18.5 Å². The third-order valence-electron chi connectivity index (χ3n) is 1.24. The largest absolute Gasteiger partial charge is 0.233 e. The van der Waals surface area contributed by atoms with Gasteiger partial charge >= 0.3 is 0 Å². The number of hydrogen-bond acceptors (Lipinski definition) is 4. The second kappa shape index (κ2) is 5.44. The van der Waals surface area contributed by atoms with Gasteiger partial charge in [-0.3, -0.25) is 0 Å². The first kappa shape index (κ1) is 13.6. The first-order valence-corrected chi connectivity index (χ1v) is 7.27. The van der Waals surface area contributed by atoms with Gasteiger partial charge in [-0.15, -0.1) is 0 Å². The van der Waals surface area contributed by atoms with E-state index in [-0.39, 0.29) is 13.1 Å². The van der Waals surface area contributed by atoms with Crippen LogP contribution in [0.15, 0.2) is 12.0 Å². The van der Waals surface area contributed by atoms with E-state index >= 15 is 0 Å². The molecule has 0 aliphatic carbocycles. The minimum atomic E-state index is -3.40. The molecule has 0 aliphatic heterocycles. The molecule has 84 valence electrons. The molecule has 14 heavy (non-hydrogen) atoms. The molecule has 6 nitrogen and oxygen atoms in total. The minimum Gasteiger partial charge on any atom is -0.215 e. The van der Waals surface area contributed by atoms with Crippen LogP contribution in [0.3, 0.4) is 0 Å². The van der Waals surface area contributed by atoms with Gasteiger partial charge in [0.15, 0.2) is 0 Å². The fourth-order valence-corrected chi connectivity index (χ4v) is 1.68. The molecule has 0 fully saturated rings. The van der Waals surface area contributed by atoms with Gasteiger partial charge in [0.25, 0.3) is 0 Å². The highest BCUT2D eigenvalue weighted by Gasteiger charge is 2.03. The van der Waals surface area contributed by atoms with E-state index in [0.29, 0.717) is 6.42 Å². The predicted molar refractivity (Wildman–Crippen MR) is 54.6 cm³/mol. The zero-order valence-corrected chi connectivity index (χ0v) is 9.49. The normalized spacial score (nSPS) is 12.6. The summed E-state index contributed by atoms with van der Waals surface area (Å²) in [5.74, 6) is 0. The Bertz CT molecular complexity index is 371. The number of sulfonamides is 2. The highest BCUT2D eigenvalue weighted by Crippen LogP contribution is 1.84. The van der Waals surface area contributed by atoms with Crippen molar-refractivity contribution in [2.45, 2.75) is 6.42 Å². The van der Waals surface area contributed by atoms with Gasteiger partial charge in [-0.1, -0.05) is 6.58 Å². The molecule has 8 heteroatoms. The summed E-state index contributed by atoms with van der Waals surface area (Å²) in [7, 11) is -6.59. The van der Waals surface area contributed by atoms with Crippen molar-refractivity contribution in [2.24, 2.45) is 0 Å². The SMILES string of the molecule is C=CS(=O)(=O)NCCCNS(C)(=O)=O. The molecule has 0 aliphatic rings. The molecule has 0 rings (SSSR count). The molecule has 0 aromatic heterocycles. The molecule has 0 bridgehead atoms. The van der Waals surface area contributed by atoms with Gasteiger partial charge in [0.1, 0.15) is 0 Å². The summed E-state index contributed by atoms with van der Waals surface area (Å²) in [6.07, 6.45) is 1.43. The van der Waals surface area contributed by atoms with E-state index in [9.17, 15) is 16.8 Å². The molecule has 0 atom stereocenters. The summed E-state index contributed by atoms with van der Waals surface area (Å²) in [6, 6.07) is 0. The Hall–Kier alpha value is -0.440. The second-order valence-corrected chi connectivity index (χ2v) is 6.17. The fraction of sp³-hybridized carbons (Fsp3) is 0.667. The summed E-state index contributed by atoms with van der Waals surface area (Å²) in [6.45, 7) is 3.49. The third kappa shape index (κ3) is 8.17. The Kier molecular flexibility index (Phi) is 5.27. The topological polar surface area (TPSA) is 92.3 Å². The lowest BCUT2D eigenvalue weighted by Gasteiger charge is -2.02. The number of rotatable bonds is 7. The average Bonchev–Trinajstić information content (AvgIpc) is 2.01. The van der Waals surface area contributed by atoms with Crippen LogP contribution in [0, 0.1) is 0 Å². The molecule has 0 radical (unpaired) electrons. The molecular weight excluding hydrogens is 228 g/mol. The van der Waals surface area contributed by atoms with Gasteiger partial charge in [-0.2, -0.15) is 0 Å². The van der Waals surface area contributed by atoms with Crippen LogP contribution < -0.4 is 9.44 Å². The Morgan fingerprint density at radius 2 is 1.64 bits per heavy atom.